The molecule has 1 atom stereocenters. The molecule has 3 N–H and O–H groups in total. The van der Waals surface area contributed by atoms with Crippen LogP contribution in [-0.2, 0) is 10.2 Å². The topological polar surface area (TPSA) is 78.7 Å². The predicted molar refractivity (Wildman–Crippen MR) is 85.8 cm³/mol. The van der Waals surface area contributed by atoms with Crippen LogP contribution in [0.3, 0.4) is 0 Å². The van der Waals surface area contributed by atoms with Crippen molar-refractivity contribution in [3.8, 4) is 0 Å². The Hall–Kier alpha value is -2.34. The van der Waals surface area contributed by atoms with E-state index in [4.69, 9.17) is 5.84 Å². The summed E-state index contributed by atoms with van der Waals surface area (Å²) < 4.78 is 0. The third-order valence-electron chi connectivity index (χ3n) is 3.86. The lowest BCUT2D eigenvalue weighted by Gasteiger charge is -2.30. The van der Waals surface area contributed by atoms with E-state index in [2.05, 4.69) is 32.8 Å². The molecule has 1 heterocycles. The molecule has 0 aromatic heterocycles. The number of rotatable bonds is 1. The van der Waals surface area contributed by atoms with Gasteiger partial charge in [-0.2, -0.15) is 0 Å². The van der Waals surface area contributed by atoms with Gasteiger partial charge in [-0.05, 0) is 30.0 Å². The molecule has 6 nitrogen and oxygen atoms in total. The van der Waals surface area contributed by atoms with Crippen molar-refractivity contribution >= 4 is 17.6 Å². The Morgan fingerprint density at radius 3 is 2.27 bits per heavy atom. The number of carbonyl (C=O) groups excluding carboxylic acids is 2. The van der Waals surface area contributed by atoms with Gasteiger partial charge in [0, 0.05) is 5.57 Å². The van der Waals surface area contributed by atoms with Crippen LogP contribution in [0.2, 0.25) is 0 Å². The van der Waals surface area contributed by atoms with E-state index in [1.165, 1.54) is 10.0 Å². The number of nitrogens with zero attached hydrogens (tertiary/aromatic N) is 2. The normalized spacial score (nSPS) is 18.9. The number of anilines is 1. The third kappa shape index (κ3) is 2.57. The molecule has 1 aliphatic heterocycles. The van der Waals surface area contributed by atoms with E-state index in [1.807, 2.05) is 24.3 Å². The number of benzene rings is 1. The van der Waals surface area contributed by atoms with E-state index in [0.29, 0.717) is 11.3 Å². The number of hydrazine groups is 2. The summed E-state index contributed by atoms with van der Waals surface area (Å²) in [5.74, 6) is 4.91. The molecule has 3 amide bonds. The fourth-order valence-corrected chi connectivity index (χ4v) is 2.41. The summed E-state index contributed by atoms with van der Waals surface area (Å²) in [6, 6.07) is 6.54. The van der Waals surface area contributed by atoms with Gasteiger partial charge in [0.1, 0.15) is 0 Å². The van der Waals surface area contributed by atoms with Crippen LogP contribution in [-0.4, -0.2) is 23.0 Å². The maximum absolute atomic E-state index is 12.4. The molecule has 1 fully saturated rings. The van der Waals surface area contributed by atoms with Crippen LogP contribution in [0.5, 0.6) is 0 Å². The number of amides is 3. The molecule has 0 saturated carbocycles. The molecule has 1 saturated heterocycles. The maximum atomic E-state index is 12.4. The summed E-state index contributed by atoms with van der Waals surface area (Å²) in [6.45, 7) is 11.8. The number of nitrogens with one attached hydrogen (secondary N) is 1. The molecule has 0 radical (unpaired) electrons. The zero-order valence-corrected chi connectivity index (χ0v) is 13.4. The summed E-state index contributed by atoms with van der Waals surface area (Å²) in [6.07, 6.45) is 0. The number of urea groups is 1. The third-order valence-corrected chi connectivity index (χ3v) is 3.86. The Morgan fingerprint density at radius 1 is 1.27 bits per heavy atom. The lowest BCUT2D eigenvalue weighted by molar-refractivity contribution is -0.115. The first kappa shape index (κ1) is 16.0. The molecule has 22 heavy (non-hydrogen) atoms. The standard InChI is InChI=1S/C16H22N4O2/c1-10-11(2)19(15(22)18-17)20(14(10)21)13-8-6-12(7-9-13)16(3,4)5/h6-9,11H,1,17H2,2-5H3,(H,18,22). The average molecular weight is 302 g/mol. The largest absolute Gasteiger partial charge is 0.351 e. The first-order valence-electron chi connectivity index (χ1n) is 7.12. The highest BCUT2D eigenvalue weighted by atomic mass is 16.2. The monoisotopic (exact) mass is 302 g/mol. The summed E-state index contributed by atoms with van der Waals surface area (Å²) in [5.41, 5.74) is 4.18. The molecule has 2 rings (SSSR count). The molecule has 0 aliphatic carbocycles. The maximum Gasteiger partial charge on any atom is 0.351 e. The lowest BCUT2D eigenvalue weighted by atomic mass is 9.87. The second-order valence-electron chi connectivity index (χ2n) is 6.41. The fraction of sp³-hybridized carbons (Fsp3) is 0.375. The van der Waals surface area contributed by atoms with Gasteiger partial charge >= 0.3 is 6.03 Å². The summed E-state index contributed by atoms with van der Waals surface area (Å²) in [4.78, 5) is 24.4. The minimum absolute atomic E-state index is 0.0127. The van der Waals surface area contributed by atoms with Crippen molar-refractivity contribution in [1.29, 1.82) is 0 Å². The minimum atomic E-state index is -0.556. The Kier molecular flexibility index (Phi) is 3.98. The molecule has 0 bridgehead atoms. The molecule has 118 valence electrons. The van der Waals surface area contributed by atoms with Gasteiger partial charge < -0.3 is 0 Å². The molecule has 1 aromatic rings. The summed E-state index contributed by atoms with van der Waals surface area (Å²) >= 11 is 0. The zero-order chi connectivity index (χ0) is 16.7. The fourth-order valence-electron chi connectivity index (χ4n) is 2.41. The zero-order valence-electron chi connectivity index (χ0n) is 13.4. The Balaban J connectivity index is 2.42. The van der Waals surface area contributed by atoms with Gasteiger partial charge in [-0.3, -0.25) is 10.2 Å². The van der Waals surface area contributed by atoms with Crippen LogP contribution in [0.25, 0.3) is 0 Å². The molecule has 1 aromatic carbocycles. The molecular formula is C16H22N4O2. The van der Waals surface area contributed by atoms with Crippen LogP contribution in [0.4, 0.5) is 10.5 Å². The van der Waals surface area contributed by atoms with E-state index < -0.39 is 12.1 Å². The van der Waals surface area contributed by atoms with Crippen LogP contribution < -0.4 is 16.3 Å². The van der Waals surface area contributed by atoms with E-state index in [0.717, 1.165) is 5.56 Å². The highest BCUT2D eigenvalue weighted by Crippen LogP contribution is 2.31. The molecular weight excluding hydrogens is 280 g/mol. The Bertz CT molecular complexity index is 616. The van der Waals surface area contributed by atoms with E-state index in [1.54, 1.807) is 6.92 Å². The second-order valence-corrected chi connectivity index (χ2v) is 6.41. The number of nitrogens with two attached hydrogens (primary N) is 1. The van der Waals surface area contributed by atoms with Gasteiger partial charge in [0.25, 0.3) is 5.91 Å². The Morgan fingerprint density at radius 2 is 1.82 bits per heavy atom. The van der Waals surface area contributed by atoms with Crippen molar-refractivity contribution in [3.63, 3.8) is 0 Å². The van der Waals surface area contributed by atoms with Gasteiger partial charge in [0.2, 0.25) is 0 Å². The molecule has 1 unspecified atom stereocenters. The van der Waals surface area contributed by atoms with Gasteiger partial charge in [-0.15, -0.1) is 0 Å². The molecule has 0 spiro atoms. The number of carbonyl (C=O) groups is 2. The van der Waals surface area contributed by atoms with Crippen molar-refractivity contribution in [1.82, 2.24) is 10.4 Å². The first-order chi connectivity index (χ1) is 10.2. The lowest BCUT2D eigenvalue weighted by Crippen LogP contribution is -2.52. The van der Waals surface area contributed by atoms with Gasteiger partial charge in [-0.25, -0.2) is 20.7 Å². The van der Waals surface area contributed by atoms with E-state index in [9.17, 15) is 9.59 Å². The highest BCUT2D eigenvalue weighted by molar-refractivity contribution is 6.10. The van der Waals surface area contributed by atoms with Crippen molar-refractivity contribution in [2.24, 2.45) is 5.84 Å². The second kappa shape index (κ2) is 5.46. The summed E-state index contributed by atoms with van der Waals surface area (Å²) in [7, 11) is 0. The summed E-state index contributed by atoms with van der Waals surface area (Å²) in [5, 5.41) is 2.58. The van der Waals surface area contributed by atoms with Crippen molar-refractivity contribution in [3.05, 3.63) is 42.0 Å². The van der Waals surface area contributed by atoms with Crippen LogP contribution in [0.1, 0.15) is 33.3 Å². The SMILES string of the molecule is C=C1C(=O)N(c2ccc(C(C)(C)C)cc2)N(C(=O)NN)C1C. The average Bonchev–Trinajstić information content (AvgIpc) is 2.70. The van der Waals surface area contributed by atoms with Gasteiger partial charge in [0.05, 0.1) is 11.7 Å². The van der Waals surface area contributed by atoms with Gasteiger partial charge in [0.15, 0.2) is 0 Å². The van der Waals surface area contributed by atoms with Crippen LogP contribution >= 0.6 is 0 Å². The van der Waals surface area contributed by atoms with Crippen LogP contribution in [0.15, 0.2) is 36.4 Å². The molecule has 6 heteroatoms. The van der Waals surface area contributed by atoms with E-state index in [-0.39, 0.29) is 11.3 Å². The highest BCUT2D eigenvalue weighted by Gasteiger charge is 2.42. The van der Waals surface area contributed by atoms with Crippen molar-refractivity contribution in [2.45, 2.75) is 39.2 Å². The van der Waals surface area contributed by atoms with Crippen LogP contribution in [0, 0.1) is 0 Å². The number of hydrogen-bond acceptors (Lipinski definition) is 3. The minimum Gasteiger partial charge on any atom is -0.274 e. The first-order valence-corrected chi connectivity index (χ1v) is 7.12. The van der Waals surface area contributed by atoms with Crippen molar-refractivity contribution in [2.75, 3.05) is 5.01 Å². The number of hydrogen-bond donors (Lipinski definition) is 2. The van der Waals surface area contributed by atoms with Crippen molar-refractivity contribution < 1.29 is 9.59 Å². The molecule has 1 aliphatic rings. The predicted octanol–water partition coefficient (Wildman–Crippen LogP) is 2.08. The smallest absolute Gasteiger partial charge is 0.274 e. The quantitative estimate of drug-likeness (QED) is 0.361. The van der Waals surface area contributed by atoms with E-state index >= 15 is 0 Å². The van der Waals surface area contributed by atoms with Gasteiger partial charge in [-0.1, -0.05) is 39.5 Å². The Labute approximate surface area is 130 Å².